The highest BCUT2D eigenvalue weighted by molar-refractivity contribution is 6.30. The fourth-order valence-electron chi connectivity index (χ4n) is 1.25. The van der Waals surface area contributed by atoms with Gasteiger partial charge in [-0.1, -0.05) is 16.6 Å². The summed E-state index contributed by atoms with van der Waals surface area (Å²) in [5.41, 5.74) is 0.709. The van der Waals surface area contributed by atoms with E-state index in [0.29, 0.717) is 10.6 Å². The van der Waals surface area contributed by atoms with Gasteiger partial charge < -0.3 is 5.11 Å². The smallest absolute Gasteiger partial charge is 0.290 e. The predicted molar refractivity (Wildman–Crippen MR) is 62.7 cm³/mol. The molecule has 2 aromatic rings. The molecule has 4 heteroatoms. The predicted octanol–water partition coefficient (Wildman–Crippen LogP) is 2.54. The molecule has 80 valence electrons. The molecule has 0 aliphatic heterocycles. The van der Waals surface area contributed by atoms with Crippen LogP contribution in [0.15, 0.2) is 49.1 Å². The monoisotopic (exact) mass is 233 g/mol. The molecule has 0 fully saturated rings. The van der Waals surface area contributed by atoms with Gasteiger partial charge in [-0.3, -0.25) is 0 Å². The van der Waals surface area contributed by atoms with Crippen LogP contribution < -0.4 is 4.57 Å². The van der Waals surface area contributed by atoms with Crippen LogP contribution in [0.3, 0.4) is 0 Å². The summed E-state index contributed by atoms with van der Waals surface area (Å²) in [7, 11) is 0. The topological polar surface area (TPSA) is 37.0 Å². The zero-order valence-electron chi connectivity index (χ0n) is 8.42. The average Bonchev–Trinajstić information content (AvgIpc) is 2.31. The van der Waals surface area contributed by atoms with E-state index in [1.165, 1.54) is 0 Å². The van der Waals surface area contributed by atoms with Crippen molar-refractivity contribution in [3.63, 3.8) is 0 Å². The molecule has 0 spiro atoms. The number of halogens is 1. The van der Waals surface area contributed by atoms with Gasteiger partial charge in [0.05, 0.1) is 6.20 Å². The van der Waals surface area contributed by atoms with Crippen LogP contribution in [0.1, 0.15) is 5.56 Å². The maximum atomic E-state index is 9.83. The third kappa shape index (κ3) is 2.58. The number of benzene rings is 1. The molecule has 0 bridgehead atoms. The van der Waals surface area contributed by atoms with Gasteiger partial charge in [0.1, 0.15) is 12.4 Å². The minimum Gasteiger partial charge on any atom is -0.504 e. The SMILES string of the molecule is O/C(=C\[n+]1cccnc1)c1ccc(Cl)cc1. The van der Waals surface area contributed by atoms with E-state index >= 15 is 0 Å². The number of nitrogens with zero attached hydrogens (tertiary/aromatic N) is 2. The molecule has 1 N–H and O–H groups in total. The van der Waals surface area contributed by atoms with Crippen molar-refractivity contribution >= 4 is 23.6 Å². The van der Waals surface area contributed by atoms with Crippen LogP contribution >= 0.6 is 11.6 Å². The minimum atomic E-state index is 0.162. The molecule has 0 atom stereocenters. The van der Waals surface area contributed by atoms with E-state index in [9.17, 15) is 5.11 Å². The molecule has 0 unspecified atom stereocenters. The number of hydrogen-bond donors (Lipinski definition) is 1. The second-order valence-corrected chi connectivity index (χ2v) is 3.66. The summed E-state index contributed by atoms with van der Waals surface area (Å²) in [5.74, 6) is 0.162. The van der Waals surface area contributed by atoms with E-state index in [-0.39, 0.29) is 5.76 Å². The van der Waals surface area contributed by atoms with Gasteiger partial charge >= 0.3 is 0 Å². The van der Waals surface area contributed by atoms with Crippen LogP contribution in [-0.2, 0) is 0 Å². The Hall–Kier alpha value is -1.87. The molecule has 16 heavy (non-hydrogen) atoms. The van der Waals surface area contributed by atoms with E-state index in [1.54, 1.807) is 59.8 Å². The van der Waals surface area contributed by atoms with Crippen LogP contribution in [0.25, 0.3) is 12.0 Å². The number of rotatable bonds is 2. The van der Waals surface area contributed by atoms with Crippen LogP contribution in [0.4, 0.5) is 0 Å². The van der Waals surface area contributed by atoms with E-state index in [0.717, 1.165) is 0 Å². The summed E-state index contributed by atoms with van der Waals surface area (Å²) in [6.45, 7) is 0. The largest absolute Gasteiger partial charge is 0.504 e. The zero-order valence-corrected chi connectivity index (χ0v) is 9.17. The fourth-order valence-corrected chi connectivity index (χ4v) is 1.38. The van der Waals surface area contributed by atoms with E-state index in [1.807, 2.05) is 0 Å². The second kappa shape index (κ2) is 4.77. The first kappa shape index (κ1) is 10.6. The Morgan fingerprint density at radius 1 is 1.31 bits per heavy atom. The Bertz CT molecular complexity index is 494. The highest BCUT2D eigenvalue weighted by atomic mass is 35.5. The third-order valence-corrected chi connectivity index (χ3v) is 2.29. The van der Waals surface area contributed by atoms with Gasteiger partial charge in [0.15, 0.2) is 5.76 Å². The first-order valence-corrected chi connectivity index (χ1v) is 5.11. The fraction of sp³-hybridized carbons (Fsp3) is 0. The van der Waals surface area contributed by atoms with Gasteiger partial charge in [-0.2, -0.15) is 0 Å². The zero-order chi connectivity index (χ0) is 11.4. The van der Waals surface area contributed by atoms with E-state index < -0.39 is 0 Å². The first-order chi connectivity index (χ1) is 7.75. The quantitative estimate of drug-likeness (QED) is 0.639. The van der Waals surface area contributed by atoms with E-state index in [4.69, 9.17) is 11.6 Å². The summed E-state index contributed by atoms with van der Waals surface area (Å²) in [6, 6.07) is 8.76. The molecular weight excluding hydrogens is 224 g/mol. The molecule has 0 aliphatic carbocycles. The van der Waals surface area contributed by atoms with Crippen molar-refractivity contribution in [2.24, 2.45) is 0 Å². The van der Waals surface area contributed by atoms with Gasteiger partial charge in [-0.05, 0) is 24.3 Å². The maximum absolute atomic E-state index is 9.83. The molecule has 0 radical (unpaired) electrons. The van der Waals surface area contributed by atoms with Gasteiger partial charge in [0.25, 0.3) is 6.33 Å². The highest BCUT2D eigenvalue weighted by Crippen LogP contribution is 2.14. The van der Waals surface area contributed by atoms with Crippen LogP contribution in [0.5, 0.6) is 0 Å². The molecule has 0 saturated heterocycles. The van der Waals surface area contributed by atoms with Crippen molar-refractivity contribution in [1.29, 1.82) is 0 Å². The Labute approximate surface area is 98.3 Å². The van der Waals surface area contributed by atoms with Gasteiger partial charge in [-0.15, -0.1) is 0 Å². The van der Waals surface area contributed by atoms with Crippen molar-refractivity contribution in [1.82, 2.24) is 4.98 Å². The summed E-state index contributed by atoms with van der Waals surface area (Å²) in [5, 5.41) is 10.5. The van der Waals surface area contributed by atoms with Crippen LogP contribution in [0, 0.1) is 0 Å². The average molecular weight is 234 g/mol. The number of aliphatic hydroxyl groups excluding tert-OH is 1. The second-order valence-electron chi connectivity index (χ2n) is 3.22. The molecule has 2 rings (SSSR count). The number of hydrogen-bond acceptors (Lipinski definition) is 2. The van der Waals surface area contributed by atoms with Gasteiger partial charge in [0.2, 0.25) is 0 Å². The minimum absolute atomic E-state index is 0.162. The lowest BCUT2D eigenvalue weighted by Gasteiger charge is -1.98. The van der Waals surface area contributed by atoms with Crippen LogP contribution in [0.2, 0.25) is 5.02 Å². The molecule has 1 heterocycles. The normalized spacial score (nSPS) is 11.4. The molecule has 0 aliphatic rings. The van der Waals surface area contributed by atoms with Gasteiger partial charge in [0, 0.05) is 16.7 Å². The Kier molecular flexibility index (Phi) is 3.17. The summed E-state index contributed by atoms with van der Waals surface area (Å²) >= 11 is 5.76. The maximum Gasteiger partial charge on any atom is 0.290 e. The molecule has 1 aromatic heterocycles. The summed E-state index contributed by atoms with van der Waals surface area (Å²) in [6.07, 6.45) is 6.64. The van der Waals surface area contributed by atoms with Crippen molar-refractivity contribution in [2.75, 3.05) is 0 Å². The lowest BCUT2D eigenvalue weighted by atomic mass is 10.2. The van der Waals surface area contributed by atoms with Crippen molar-refractivity contribution in [3.05, 3.63) is 59.6 Å². The number of aromatic nitrogens is 2. The first-order valence-electron chi connectivity index (χ1n) is 4.73. The lowest BCUT2D eigenvalue weighted by molar-refractivity contribution is -0.571. The Balaban J connectivity index is 2.28. The lowest BCUT2D eigenvalue weighted by Crippen LogP contribution is -2.25. The van der Waals surface area contributed by atoms with Crippen molar-refractivity contribution < 1.29 is 9.67 Å². The van der Waals surface area contributed by atoms with Crippen molar-refractivity contribution in [3.8, 4) is 0 Å². The van der Waals surface area contributed by atoms with E-state index in [2.05, 4.69) is 4.98 Å². The van der Waals surface area contributed by atoms with Crippen molar-refractivity contribution in [2.45, 2.75) is 0 Å². The van der Waals surface area contributed by atoms with Gasteiger partial charge in [-0.25, -0.2) is 4.57 Å². The Morgan fingerprint density at radius 2 is 2.06 bits per heavy atom. The standard InChI is InChI=1S/C12H9ClN2O/c13-11-4-2-10(3-5-11)12(16)8-15-7-1-6-14-9-15/h1-9H/p+1/b12-8-. The molecule has 1 aromatic carbocycles. The molecule has 0 saturated carbocycles. The summed E-state index contributed by atoms with van der Waals surface area (Å²) in [4.78, 5) is 3.93. The Morgan fingerprint density at radius 3 is 2.69 bits per heavy atom. The highest BCUT2D eigenvalue weighted by Gasteiger charge is 2.01. The molecule has 0 amide bonds. The molecular formula is C12H10ClN2O+. The summed E-state index contributed by atoms with van der Waals surface area (Å²) < 4.78 is 1.67. The number of aliphatic hydroxyl groups is 1. The van der Waals surface area contributed by atoms with Crippen LogP contribution in [-0.4, -0.2) is 10.1 Å². The third-order valence-electron chi connectivity index (χ3n) is 2.04. The molecule has 3 nitrogen and oxygen atoms in total.